The summed E-state index contributed by atoms with van der Waals surface area (Å²) in [6, 6.07) is 25.3. The van der Waals surface area contributed by atoms with Gasteiger partial charge in [-0.25, -0.2) is 0 Å². The van der Waals surface area contributed by atoms with Crippen LogP contribution in [0, 0.1) is 5.92 Å². The summed E-state index contributed by atoms with van der Waals surface area (Å²) in [6.45, 7) is 9.00. The maximum atomic E-state index is 4.87. The monoisotopic (exact) mass is 380 g/mol. The molecule has 0 radical (unpaired) electrons. The van der Waals surface area contributed by atoms with E-state index in [0.29, 0.717) is 5.92 Å². The fourth-order valence-corrected chi connectivity index (χ4v) is 4.19. The Balaban J connectivity index is 1.65. The SMILES string of the molecule is CC1=C(C)C(CC(=NNc2ccc3ccccc3c2)c2ccccc2)C(C)=C1C. The number of allylic oxidation sites excluding steroid dienone is 4. The summed E-state index contributed by atoms with van der Waals surface area (Å²) in [5.74, 6) is 0.423. The lowest BCUT2D eigenvalue weighted by Gasteiger charge is -2.17. The Morgan fingerprint density at radius 3 is 2.07 bits per heavy atom. The molecule has 146 valence electrons. The Bertz CT molecular complexity index is 1110. The molecule has 0 bridgehead atoms. The number of fused-ring (bicyclic) bond motifs is 1. The van der Waals surface area contributed by atoms with Gasteiger partial charge in [0.2, 0.25) is 0 Å². The third-order valence-corrected chi connectivity index (χ3v) is 6.36. The van der Waals surface area contributed by atoms with E-state index in [1.54, 1.807) is 0 Å². The van der Waals surface area contributed by atoms with Crippen LogP contribution >= 0.6 is 0 Å². The normalized spacial score (nSPS) is 15.5. The van der Waals surface area contributed by atoms with Gasteiger partial charge >= 0.3 is 0 Å². The van der Waals surface area contributed by atoms with E-state index in [1.807, 2.05) is 0 Å². The van der Waals surface area contributed by atoms with Crippen LogP contribution in [0.1, 0.15) is 39.7 Å². The summed E-state index contributed by atoms with van der Waals surface area (Å²) in [5.41, 5.74) is 12.4. The predicted molar refractivity (Wildman–Crippen MR) is 125 cm³/mol. The minimum atomic E-state index is 0.423. The summed E-state index contributed by atoms with van der Waals surface area (Å²) in [5, 5.41) is 7.33. The lowest BCUT2D eigenvalue weighted by atomic mass is 9.89. The summed E-state index contributed by atoms with van der Waals surface area (Å²) in [7, 11) is 0. The highest BCUT2D eigenvalue weighted by atomic mass is 15.3. The first-order chi connectivity index (χ1) is 14.0. The van der Waals surface area contributed by atoms with Crippen LogP contribution in [-0.4, -0.2) is 5.71 Å². The highest BCUT2D eigenvalue weighted by Crippen LogP contribution is 2.39. The second-order valence-electron chi connectivity index (χ2n) is 7.97. The molecular formula is C27H28N2. The van der Waals surface area contributed by atoms with Crippen LogP contribution in [0.15, 0.2) is 100 Å². The van der Waals surface area contributed by atoms with E-state index in [0.717, 1.165) is 17.8 Å². The third-order valence-electron chi connectivity index (χ3n) is 6.36. The van der Waals surface area contributed by atoms with Crippen LogP contribution < -0.4 is 5.43 Å². The molecule has 0 heterocycles. The molecule has 0 unspecified atom stereocenters. The molecule has 0 fully saturated rings. The van der Waals surface area contributed by atoms with Crippen LogP contribution in [0.5, 0.6) is 0 Å². The van der Waals surface area contributed by atoms with E-state index in [4.69, 9.17) is 5.10 Å². The number of nitrogens with one attached hydrogen (secondary N) is 1. The Hall–Kier alpha value is -3.13. The molecule has 0 spiro atoms. The van der Waals surface area contributed by atoms with Crippen molar-refractivity contribution in [2.24, 2.45) is 11.0 Å². The average molecular weight is 381 g/mol. The zero-order chi connectivity index (χ0) is 20.4. The topological polar surface area (TPSA) is 24.4 Å². The predicted octanol–water partition coefficient (Wildman–Crippen LogP) is 7.35. The van der Waals surface area contributed by atoms with Gasteiger partial charge in [0.25, 0.3) is 0 Å². The maximum absolute atomic E-state index is 4.87. The first-order valence-electron chi connectivity index (χ1n) is 10.3. The standard InChI is InChI=1S/C27H28N2/c1-18-19(2)21(4)26(20(18)3)17-27(23-11-6-5-7-12-23)29-28-25-15-14-22-10-8-9-13-24(22)16-25/h5-16,26,28H,17H2,1-4H3. The van der Waals surface area contributed by atoms with Crippen molar-refractivity contribution in [1.29, 1.82) is 0 Å². The molecule has 29 heavy (non-hydrogen) atoms. The third kappa shape index (κ3) is 3.88. The maximum Gasteiger partial charge on any atom is 0.0688 e. The molecule has 3 aromatic carbocycles. The van der Waals surface area contributed by atoms with Gasteiger partial charge in [-0.1, -0.05) is 71.8 Å². The molecule has 0 atom stereocenters. The van der Waals surface area contributed by atoms with Crippen LogP contribution in [0.2, 0.25) is 0 Å². The first kappa shape index (κ1) is 19.2. The largest absolute Gasteiger partial charge is 0.278 e. The summed E-state index contributed by atoms with van der Waals surface area (Å²) >= 11 is 0. The molecule has 1 aliphatic carbocycles. The Morgan fingerprint density at radius 2 is 1.38 bits per heavy atom. The zero-order valence-electron chi connectivity index (χ0n) is 17.7. The van der Waals surface area contributed by atoms with Crippen molar-refractivity contribution in [2.75, 3.05) is 5.43 Å². The van der Waals surface area contributed by atoms with Gasteiger partial charge in [0, 0.05) is 12.3 Å². The summed E-state index contributed by atoms with van der Waals surface area (Å²) in [4.78, 5) is 0. The summed E-state index contributed by atoms with van der Waals surface area (Å²) < 4.78 is 0. The molecule has 0 aromatic heterocycles. The van der Waals surface area contributed by atoms with Gasteiger partial charge in [0.05, 0.1) is 11.4 Å². The van der Waals surface area contributed by atoms with E-state index in [1.165, 1.54) is 38.6 Å². The Kier molecular flexibility index (Phi) is 5.35. The number of hydrogen-bond donors (Lipinski definition) is 1. The molecule has 2 nitrogen and oxygen atoms in total. The van der Waals surface area contributed by atoms with E-state index >= 15 is 0 Å². The van der Waals surface area contributed by atoms with E-state index in [-0.39, 0.29) is 0 Å². The van der Waals surface area contributed by atoms with Gasteiger partial charge in [0.1, 0.15) is 0 Å². The Morgan fingerprint density at radius 1 is 0.759 bits per heavy atom. The van der Waals surface area contributed by atoms with Crippen LogP contribution in [0.25, 0.3) is 10.8 Å². The minimum Gasteiger partial charge on any atom is -0.278 e. The second-order valence-corrected chi connectivity index (χ2v) is 7.97. The highest BCUT2D eigenvalue weighted by Gasteiger charge is 2.26. The first-order valence-corrected chi connectivity index (χ1v) is 10.3. The molecule has 1 N–H and O–H groups in total. The molecule has 3 aromatic rings. The van der Waals surface area contributed by atoms with Crippen molar-refractivity contribution >= 4 is 22.2 Å². The molecular weight excluding hydrogens is 352 g/mol. The Labute approximate surface area is 173 Å². The van der Waals surface area contributed by atoms with Gasteiger partial charge < -0.3 is 0 Å². The van der Waals surface area contributed by atoms with Crippen LogP contribution in [0.4, 0.5) is 5.69 Å². The fourth-order valence-electron chi connectivity index (χ4n) is 4.19. The summed E-state index contributed by atoms with van der Waals surface area (Å²) in [6.07, 6.45) is 0.900. The highest BCUT2D eigenvalue weighted by molar-refractivity contribution is 6.01. The van der Waals surface area contributed by atoms with Gasteiger partial charge in [-0.2, -0.15) is 5.10 Å². The van der Waals surface area contributed by atoms with Gasteiger partial charge in [-0.05, 0) is 67.3 Å². The number of hydrazone groups is 1. The quantitative estimate of drug-likeness (QED) is 0.363. The molecule has 0 aliphatic heterocycles. The van der Waals surface area contributed by atoms with Crippen molar-refractivity contribution in [1.82, 2.24) is 0 Å². The van der Waals surface area contributed by atoms with E-state index in [9.17, 15) is 0 Å². The van der Waals surface area contributed by atoms with Crippen molar-refractivity contribution in [3.8, 4) is 0 Å². The molecule has 2 heteroatoms. The van der Waals surface area contributed by atoms with Crippen molar-refractivity contribution < 1.29 is 0 Å². The van der Waals surface area contributed by atoms with Gasteiger partial charge in [-0.15, -0.1) is 0 Å². The lowest BCUT2D eigenvalue weighted by molar-refractivity contribution is 0.757. The minimum absolute atomic E-state index is 0.423. The number of benzene rings is 3. The lowest BCUT2D eigenvalue weighted by Crippen LogP contribution is -2.12. The molecule has 0 saturated carbocycles. The zero-order valence-corrected chi connectivity index (χ0v) is 17.7. The van der Waals surface area contributed by atoms with E-state index < -0.39 is 0 Å². The van der Waals surface area contributed by atoms with Crippen LogP contribution in [-0.2, 0) is 0 Å². The van der Waals surface area contributed by atoms with Gasteiger partial charge in [0.15, 0.2) is 0 Å². The van der Waals surface area contributed by atoms with Crippen molar-refractivity contribution in [3.63, 3.8) is 0 Å². The van der Waals surface area contributed by atoms with Crippen molar-refractivity contribution in [2.45, 2.75) is 34.1 Å². The van der Waals surface area contributed by atoms with Gasteiger partial charge in [-0.3, -0.25) is 5.43 Å². The van der Waals surface area contributed by atoms with Crippen LogP contribution in [0.3, 0.4) is 0 Å². The number of anilines is 1. The molecule has 0 saturated heterocycles. The molecule has 0 amide bonds. The van der Waals surface area contributed by atoms with E-state index in [2.05, 4.69) is 106 Å². The van der Waals surface area contributed by atoms with Crippen molar-refractivity contribution in [3.05, 3.63) is 101 Å². The number of hydrogen-bond acceptors (Lipinski definition) is 2. The second kappa shape index (κ2) is 8.08. The average Bonchev–Trinajstić information content (AvgIpc) is 2.94. The molecule has 1 aliphatic rings. The smallest absolute Gasteiger partial charge is 0.0688 e. The number of rotatable bonds is 5. The molecule has 4 rings (SSSR count). The number of nitrogens with zero attached hydrogens (tertiary/aromatic N) is 1. The fraction of sp³-hybridized carbons (Fsp3) is 0.222.